The van der Waals surface area contributed by atoms with Gasteiger partial charge in [0.15, 0.2) is 6.73 Å². The number of rotatable bonds is 11. The SMILES string of the molecule is CCN1CCC(N2CCN(C(=O)C(Cc3cc(C)c4nn(COC(=O)C5(c6ccccc6)CCCC5)cc4c3)NC(=O)N3CCC(c4cc5ccccc5[nH]c4=O)CC3)CC2)CC1.O=C(O)C(F)(F)F. The van der Waals surface area contributed by atoms with E-state index in [1.165, 1.54) is 0 Å². The molecule has 2 aromatic heterocycles. The third-order valence-corrected chi connectivity index (χ3v) is 14.8. The standard InChI is InChI=1S/C50H62N8O5.C2HF3O2/c1-3-54-21-17-41(18-22-54)55-25-27-56(28-26-55)47(60)44(52-49(62)57-23-15-37(16-24-57)42-32-38-11-7-8-14-43(38)51-46(42)59)31-36-29-35(2)45-39(30-36)33-58(53-45)34-63-48(61)50(19-9-10-20-50)40-12-5-4-6-13-40;3-2(4,5)1(6)7/h4-8,11-14,29-30,32-33,37,41,44H,3,9-10,15-28,31,34H2,1-2H3,(H,51,59)(H,52,62);(H,6,7). The third-order valence-electron chi connectivity index (χ3n) is 14.8. The number of ether oxygens (including phenoxy) is 1. The highest BCUT2D eigenvalue weighted by molar-refractivity contribution is 5.88. The lowest BCUT2D eigenvalue weighted by Crippen LogP contribution is -2.59. The Morgan fingerprint density at radius 2 is 1.51 bits per heavy atom. The molecule has 9 rings (SSSR count). The molecule has 3 aromatic carbocycles. The van der Waals surface area contributed by atoms with Crippen molar-refractivity contribution in [2.45, 2.75) is 108 Å². The van der Waals surface area contributed by atoms with Crippen LogP contribution in [0.25, 0.3) is 21.8 Å². The number of esters is 1. The molecule has 0 spiro atoms. The van der Waals surface area contributed by atoms with Crippen molar-refractivity contribution >= 4 is 45.7 Å². The van der Waals surface area contributed by atoms with Crippen molar-refractivity contribution in [2.75, 3.05) is 58.9 Å². The number of piperidine rings is 2. The molecule has 3 amide bonds. The molecule has 0 bridgehead atoms. The Kier molecular flexibility index (Phi) is 15.6. The molecule has 3 saturated heterocycles. The van der Waals surface area contributed by atoms with Crippen LogP contribution in [0.5, 0.6) is 0 Å². The number of pyridine rings is 1. The van der Waals surface area contributed by atoms with Crippen molar-refractivity contribution in [2.24, 2.45) is 0 Å². The zero-order chi connectivity index (χ0) is 49.6. The minimum Gasteiger partial charge on any atom is -0.475 e. The number of hydrogen-bond acceptors (Lipinski definition) is 9. The summed E-state index contributed by atoms with van der Waals surface area (Å²) in [6, 6.07) is 23.4. The van der Waals surface area contributed by atoms with Crippen molar-refractivity contribution in [1.82, 2.24) is 39.7 Å². The number of carbonyl (C=O) groups is 4. The second-order valence-corrected chi connectivity index (χ2v) is 19.2. The number of aryl methyl sites for hydroxylation is 1. The lowest BCUT2D eigenvalue weighted by molar-refractivity contribution is -0.192. The van der Waals surface area contributed by atoms with Gasteiger partial charge in [-0.3, -0.25) is 19.3 Å². The molecule has 5 heterocycles. The first-order valence-electron chi connectivity index (χ1n) is 24.5. The number of halogens is 3. The zero-order valence-corrected chi connectivity index (χ0v) is 39.9. The summed E-state index contributed by atoms with van der Waals surface area (Å²) in [5, 5.41) is 17.0. The van der Waals surface area contributed by atoms with Crippen LogP contribution < -0.4 is 10.9 Å². The number of aliphatic carboxylic acids is 1. The van der Waals surface area contributed by atoms with Gasteiger partial charge in [0.25, 0.3) is 5.56 Å². The summed E-state index contributed by atoms with van der Waals surface area (Å²) in [5.41, 5.74) is 4.53. The van der Waals surface area contributed by atoms with E-state index in [0.29, 0.717) is 51.5 Å². The maximum atomic E-state index is 14.6. The molecule has 4 fully saturated rings. The van der Waals surface area contributed by atoms with Crippen molar-refractivity contribution in [1.29, 1.82) is 0 Å². The van der Waals surface area contributed by atoms with Crippen LogP contribution in [0.1, 0.15) is 86.5 Å². The summed E-state index contributed by atoms with van der Waals surface area (Å²) in [4.78, 5) is 76.2. The smallest absolute Gasteiger partial charge is 0.475 e. The highest BCUT2D eigenvalue weighted by atomic mass is 19.4. The summed E-state index contributed by atoms with van der Waals surface area (Å²) in [6.45, 7) is 11.4. The van der Waals surface area contributed by atoms with Gasteiger partial charge in [-0.1, -0.05) is 74.4 Å². The fraction of sp³-hybridized carbons (Fsp3) is 0.500. The molecule has 1 aliphatic carbocycles. The largest absolute Gasteiger partial charge is 0.490 e. The van der Waals surface area contributed by atoms with Crippen LogP contribution in [0.4, 0.5) is 18.0 Å². The fourth-order valence-electron chi connectivity index (χ4n) is 10.9. The average Bonchev–Trinajstić information content (AvgIpc) is 4.05. The number of carbonyl (C=O) groups excluding carboxylic acids is 3. The molecule has 1 unspecified atom stereocenters. The highest BCUT2D eigenvalue weighted by Gasteiger charge is 2.44. The number of carboxylic acids is 1. The number of nitrogens with one attached hydrogen (secondary N) is 2. The van der Waals surface area contributed by atoms with E-state index in [-0.39, 0.29) is 36.1 Å². The number of nitrogens with zero attached hydrogens (tertiary/aromatic N) is 6. The van der Waals surface area contributed by atoms with E-state index >= 15 is 0 Å². The second-order valence-electron chi connectivity index (χ2n) is 19.2. The number of urea groups is 1. The van der Waals surface area contributed by atoms with E-state index in [9.17, 15) is 32.3 Å². The van der Waals surface area contributed by atoms with Gasteiger partial charge in [0.05, 0.1) is 10.9 Å². The number of alkyl halides is 3. The summed E-state index contributed by atoms with van der Waals surface area (Å²) < 4.78 is 39.4. The van der Waals surface area contributed by atoms with Gasteiger partial charge in [0.2, 0.25) is 5.91 Å². The topological polar surface area (TPSA) is 173 Å². The lowest BCUT2D eigenvalue weighted by atomic mass is 9.79. The van der Waals surface area contributed by atoms with Gasteiger partial charge in [-0.05, 0) is 111 Å². The number of likely N-dealkylation sites (tertiary alicyclic amines) is 2. The highest BCUT2D eigenvalue weighted by Crippen LogP contribution is 2.42. The maximum Gasteiger partial charge on any atom is 0.490 e. The van der Waals surface area contributed by atoms with E-state index in [2.05, 4.69) is 27.0 Å². The number of aromatic nitrogens is 3. The molecule has 4 aliphatic rings. The molecule has 70 heavy (non-hydrogen) atoms. The molecule has 3 aliphatic heterocycles. The number of piperazine rings is 1. The molecule has 3 N–H and O–H groups in total. The molecule has 1 atom stereocenters. The molecule has 18 heteroatoms. The molecule has 374 valence electrons. The monoisotopic (exact) mass is 968 g/mol. The number of fused-ring (bicyclic) bond motifs is 2. The first-order chi connectivity index (χ1) is 33.6. The van der Waals surface area contributed by atoms with E-state index < -0.39 is 23.6 Å². The van der Waals surface area contributed by atoms with Gasteiger partial charge in [0.1, 0.15) is 6.04 Å². The minimum absolute atomic E-state index is 0.00365. The molecular formula is C52H63F3N8O7. The quantitative estimate of drug-likeness (QED) is 0.118. The molecule has 1 saturated carbocycles. The van der Waals surface area contributed by atoms with Crippen molar-refractivity contribution in [3.8, 4) is 0 Å². The van der Waals surface area contributed by atoms with Crippen LogP contribution in [0.2, 0.25) is 0 Å². The maximum absolute atomic E-state index is 14.6. The van der Waals surface area contributed by atoms with E-state index in [0.717, 1.165) is 115 Å². The van der Waals surface area contributed by atoms with Crippen molar-refractivity contribution < 1.29 is 42.2 Å². The lowest BCUT2D eigenvalue weighted by Gasteiger charge is -2.43. The molecular weight excluding hydrogens is 906 g/mol. The number of para-hydroxylation sites is 1. The predicted molar refractivity (Wildman–Crippen MR) is 258 cm³/mol. The van der Waals surface area contributed by atoms with Crippen molar-refractivity contribution in [3.05, 3.63) is 112 Å². The van der Waals surface area contributed by atoms with E-state index in [1.807, 2.05) is 90.8 Å². The summed E-state index contributed by atoms with van der Waals surface area (Å²) in [7, 11) is 0. The normalized spacial score (nSPS) is 18.9. The summed E-state index contributed by atoms with van der Waals surface area (Å²) >= 11 is 0. The summed E-state index contributed by atoms with van der Waals surface area (Å²) in [6.07, 6.45) is 4.29. The van der Waals surface area contributed by atoms with Crippen LogP contribution in [0.15, 0.2) is 83.8 Å². The first-order valence-corrected chi connectivity index (χ1v) is 24.5. The second kappa shape index (κ2) is 21.8. The number of aromatic amines is 1. The van der Waals surface area contributed by atoms with Crippen LogP contribution in [0, 0.1) is 6.92 Å². The Hall–Kier alpha value is -6.27. The number of amides is 3. The molecule has 5 aromatic rings. The minimum atomic E-state index is -5.08. The Morgan fingerprint density at radius 1 is 0.857 bits per heavy atom. The summed E-state index contributed by atoms with van der Waals surface area (Å²) in [5.74, 6) is -3.00. The molecule has 15 nitrogen and oxygen atoms in total. The van der Waals surface area contributed by atoms with Gasteiger partial charge >= 0.3 is 24.1 Å². The van der Waals surface area contributed by atoms with Crippen LogP contribution >= 0.6 is 0 Å². The number of H-pyrrole nitrogens is 1. The van der Waals surface area contributed by atoms with Gasteiger partial charge in [-0.2, -0.15) is 18.3 Å². The number of hydrogen-bond donors (Lipinski definition) is 3. The fourth-order valence-corrected chi connectivity index (χ4v) is 10.9. The van der Waals surface area contributed by atoms with Gasteiger partial charge in [-0.25, -0.2) is 14.3 Å². The van der Waals surface area contributed by atoms with E-state index in [1.54, 1.807) is 9.58 Å². The van der Waals surface area contributed by atoms with Crippen LogP contribution in [0.3, 0.4) is 0 Å². The Bertz CT molecular complexity index is 2700. The van der Waals surface area contributed by atoms with Crippen LogP contribution in [-0.2, 0) is 37.7 Å². The average molecular weight is 969 g/mol. The van der Waals surface area contributed by atoms with Crippen molar-refractivity contribution in [3.63, 3.8) is 0 Å². The van der Waals surface area contributed by atoms with Gasteiger partial charge in [-0.15, -0.1) is 0 Å². The zero-order valence-electron chi connectivity index (χ0n) is 39.9. The first kappa shape index (κ1) is 50.1. The Labute approximate surface area is 404 Å². The number of carboxylic acid groups (broad SMARTS) is 1. The Balaban J connectivity index is 0.000000876. The van der Waals surface area contributed by atoms with Gasteiger partial charge < -0.3 is 34.8 Å². The van der Waals surface area contributed by atoms with E-state index in [4.69, 9.17) is 19.7 Å². The molecule has 0 radical (unpaired) electrons. The Morgan fingerprint density at radius 3 is 2.17 bits per heavy atom. The predicted octanol–water partition coefficient (Wildman–Crippen LogP) is 6.96. The van der Waals surface area contributed by atoms with Gasteiger partial charge in [0, 0.05) is 74.4 Å². The number of benzene rings is 3. The van der Waals surface area contributed by atoms with Crippen LogP contribution in [-0.4, -0.2) is 141 Å². The third kappa shape index (κ3) is 11.5.